The number of carbonyl (C=O) groups excluding carboxylic acids is 1. The third kappa shape index (κ3) is 3.87. The Bertz CT molecular complexity index is 349. The summed E-state index contributed by atoms with van der Waals surface area (Å²) < 4.78 is 0. The van der Waals surface area contributed by atoms with Crippen molar-refractivity contribution in [1.29, 1.82) is 0 Å². The van der Waals surface area contributed by atoms with Crippen LogP contribution in [0.2, 0.25) is 0 Å². The van der Waals surface area contributed by atoms with E-state index in [1.807, 2.05) is 4.90 Å². The number of hydrogen-bond donors (Lipinski definition) is 2. The van der Waals surface area contributed by atoms with E-state index in [9.17, 15) is 4.79 Å². The van der Waals surface area contributed by atoms with Crippen LogP contribution in [0, 0.1) is 0 Å². The van der Waals surface area contributed by atoms with Crippen molar-refractivity contribution in [3.63, 3.8) is 0 Å². The Hall–Kier alpha value is -0.770. The summed E-state index contributed by atoms with van der Waals surface area (Å²) in [4.78, 5) is 14.5. The molecular formula is C16H31N3O. The molecule has 0 aliphatic carbocycles. The summed E-state index contributed by atoms with van der Waals surface area (Å²) in [7, 11) is 0. The van der Waals surface area contributed by atoms with Gasteiger partial charge in [0.05, 0.1) is 0 Å². The van der Waals surface area contributed by atoms with Gasteiger partial charge in [-0.05, 0) is 66.7 Å². The van der Waals surface area contributed by atoms with Gasteiger partial charge in [0, 0.05) is 29.7 Å². The van der Waals surface area contributed by atoms with Gasteiger partial charge in [0.15, 0.2) is 0 Å². The Morgan fingerprint density at radius 2 is 1.75 bits per heavy atom. The van der Waals surface area contributed by atoms with Crippen LogP contribution in [0.25, 0.3) is 0 Å². The summed E-state index contributed by atoms with van der Waals surface area (Å²) in [6.07, 6.45) is 5.50. The first-order valence-electron chi connectivity index (χ1n) is 8.05. The molecule has 4 nitrogen and oxygen atoms in total. The number of likely N-dealkylation sites (tertiary alicyclic amines) is 1. The average molecular weight is 281 g/mol. The van der Waals surface area contributed by atoms with Crippen molar-refractivity contribution in [1.82, 2.24) is 15.5 Å². The second-order valence-corrected chi connectivity index (χ2v) is 7.99. The van der Waals surface area contributed by atoms with Crippen LogP contribution in [-0.2, 0) is 0 Å². The first kappa shape index (κ1) is 15.6. The number of nitrogens with zero attached hydrogens (tertiary/aromatic N) is 1. The van der Waals surface area contributed by atoms with Crippen LogP contribution in [0.1, 0.15) is 66.7 Å². The van der Waals surface area contributed by atoms with Gasteiger partial charge in [-0.2, -0.15) is 0 Å². The zero-order valence-corrected chi connectivity index (χ0v) is 13.8. The monoisotopic (exact) mass is 281 g/mol. The number of nitrogens with one attached hydrogen (secondary N) is 2. The SMILES string of the molecule is CC1CCCCN1C(=O)NC1CC(C)(C)NC(C)(C)C1. The average Bonchev–Trinajstić information content (AvgIpc) is 2.24. The van der Waals surface area contributed by atoms with Gasteiger partial charge in [0.1, 0.15) is 0 Å². The lowest BCUT2D eigenvalue weighted by Gasteiger charge is -2.47. The van der Waals surface area contributed by atoms with E-state index in [-0.39, 0.29) is 23.2 Å². The fourth-order valence-corrected chi connectivity index (χ4v) is 4.08. The van der Waals surface area contributed by atoms with Crippen molar-refractivity contribution in [3.8, 4) is 0 Å². The van der Waals surface area contributed by atoms with Crippen molar-refractivity contribution >= 4 is 6.03 Å². The van der Waals surface area contributed by atoms with E-state index in [2.05, 4.69) is 45.3 Å². The fourth-order valence-electron chi connectivity index (χ4n) is 4.08. The minimum atomic E-state index is 0.0766. The summed E-state index contributed by atoms with van der Waals surface area (Å²) in [6.45, 7) is 11.9. The summed E-state index contributed by atoms with van der Waals surface area (Å²) in [5, 5.41) is 6.94. The normalized spacial score (nSPS) is 30.1. The Kier molecular flexibility index (Phi) is 4.33. The molecule has 2 aliphatic rings. The molecule has 2 fully saturated rings. The molecule has 1 atom stereocenters. The molecule has 0 aromatic heterocycles. The predicted molar refractivity (Wildman–Crippen MR) is 82.9 cm³/mol. The molecule has 2 amide bonds. The largest absolute Gasteiger partial charge is 0.335 e. The van der Waals surface area contributed by atoms with Gasteiger partial charge in [-0.1, -0.05) is 0 Å². The van der Waals surface area contributed by atoms with Gasteiger partial charge in [-0.15, -0.1) is 0 Å². The number of rotatable bonds is 1. The second kappa shape index (κ2) is 5.55. The molecule has 116 valence electrons. The van der Waals surface area contributed by atoms with Gasteiger partial charge in [0.25, 0.3) is 0 Å². The summed E-state index contributed by atoms with van der Waals surface area (Å²) >= 11 is 0. The lowest BCUT2D eigenvalue weighted by molar-refractivity contribution is 0.126. The second-order valence-electron chi connectivity index (χ2n) is 7.99. The molecule has 4 heteroatoms. The maximum Gasteiger partial charge on any atom is 0.317 e. The fraction of sp³-hybridized carbons (Fsp3) is 0.938. The van der Waals surface area contributed by atoms with E-state index in [1.165, 1.54) is 6.42 Å². The van der Waals surface area contributed by atoms with Crippen LogP contribution < -0.4 is 10.6 Å². The molecule has 0 saturated carbocycles. The molecule has 2 rings (SSSR count). The number of amides is 2. The molecule has 0 bridgehead atoms. The van der Waals surface area contributed by atoms with Crippen LogP contribution in [0.15, 0.2) is 0 Å². The van der Waals surface area contributed by atoms with Crippen LogP contribution in [0.4, 0.5) is 4.79 Å². The maximum absolute atomic E-state index is 12.5. The molecule has 20 heavy (non-hydrogen) atoms. The van der Waals surface area contributed by atoms with E-state index < -0.39 is 0 Å². The molecule has 0 aromatic rings. The van der Waals surface area contributed by atoms with E-state index >= 15 is 0 Å². The third-order valence-electron chi connectivity index (χ3n) is 4.58. The van der Waals surface area contributed by atoms with Crippen molar-refractivity contribution in [3.05, 3.63) is 0 Å². The van der Waals surface area contributed by atoms with Gasteiger partial charge in [-0.25, -0.2) is 4.79 Å². The smallest absolute Gasteiger partial charge is 0.317 e. The lowest BCUT2D eigenvalue weighted by atomic mass is 9.79. The third-order valence-corrected chi connectivity index (χ3v) is 4.58. The highest BCUT2D eigenvalue weighted by Crippen LogP contribution is 2.28. The number of hydrogen-bond acceptors (Lipinski definition) is 2. The minimum Gasteiger partial charge on any atom is -0.335 e. The van der Waals surface area contributed by atoms with E-state index in [4.69, 9.17) is 0 Å². The lowest BCUT2D eigenvalue weighted by Crippen LogP contribution is -2.63. The molecule has 0 radical (unpaired) electrons. The Balaban J connectivity index is 1.96. The Morgan fingerprint density at radius 1 is 1.15 bits per heavy atom. The highest BCUT2D eigenvalue weighted by Gasteiger charge is 2.38. The summed E-state index contributed by atoms with van der Waals surface area (Å²) in [5.74, 6) is 0. The van der Waals surface area contributed by atoms with Gasteiger partial charge < -0.3 is 15.5 Å². The van der Waals surface area contributed by atoms with Crippen LogP contribution in [0.5, 0.6) is 0 Å². The topological polar surface area (TPSA) is 44.4 Å². The van der Waals surface area contributed by atoms with E-state index in [0.717, 1.165) is 32.2 Å². The molecule has 0 spiro atoms. The maximum atomic E-state index is 12.5. The molecule has 2 N–H and O–H groups in total. The molecule has 2 heterocycles. The molecular weight excluding hydrogens is 250 g/mol. The van der Waals surface area contributed by atoms with Crippen molar-refractivity contribution in [2.75, 3.05) is 6.54 Å². The van der Waals surface area contributed by atoms with E-state index in [0.29, 0.717) is 6.04 Å². The zero-order chi connectivity index (χ0) is 15.0. The zero-order valence-electron chi connectivity index (χ0n) is 13.8. The molecule has 1 unspecified atom stereocenters. The van der Waals surface area contributed by atoms with Crippen LogP contribution >= 0.6 is 0 Å². The van der Waals surface area contributed by atoms with Gasteiger partial charge in [-0.3, -0.25) is 0 Å². The highest BCUT2D eigenvalue weighted by molar-refractivity contribution is 5.75. The standard InChI is InChI=1S/C16H31N3O/c1-12-8-6-7-9-19(12)14(20)17-13-10-15(2,3)18-16(4,5)11-13/h12-13,18H,6-11H2,1-5H3,(H,17,20). The first-order valence-corrected chi connectivity index (χ1v) is 8.05. The molecule has 0 aromatic carbocycles. The van der Waals surface area contributed by atoms with Crippen LogP contribution in [0.3, 0.4) is 0 Å². The summed E-state index contributed by atoms with van der Waals surface area (Å²) in [5.41, 5.74) is 0.153. The van der Waals surface area contributed by atoms with Crippen molar-refractivity contribution in [2.45, 2.75) is 89.9 Å². The minimum absolute atomic E-state index is 0.0766. The van der Waals surface area contributed by atoms with Crippen molar-refractivity contribution < 1.29 is 4.79 Å². The van der Waals surface area contributed by atoms with Crippen LogP contribution in [-0.4, -0.2) is 40.6 Å². The number of piperidine rings is 2. The van der Waals surface area contributed by atoms with Gasteiger partial charge >= 0.3 is 6.03 Å². The van der Waals surface area contributed by atoms with E-state index in [1.54, 1.807) is 0 Å². The Labute approximate surface area is 123 Å². The molecule has 2 saturated heterocycles. The van der Waals surface area contributed by atoms with Gasteiger partial charge in [0.2, 0.25) is 0 Å². The van der Waals surface area contributed by atoms with Crippen molar-refractivity contribution in [2.24, 2.45) is 0 Å². The predicted octanol–water partition coefficient (Wildman–Crippen LogP) is 2.88. The number of urea groups is 1. The Morgan fingerprint density at radius 3 is 2.30 bits per heavy atom. The quantitative estimate of drug-likeness (QED) is 0.776. The number of carbonyl (C=O) groups is 1. The highest BCUT2D eigenvalue weighted by atomic mass is 16.2. The summed E-state index contributed by atoms with van der Waals surface area (Å²) in [6, 6.07) is 0.782. The molecule has 2 aliphatic heterocycles. The first-order chi connectivity index (χ1) is 9.19.